The Morgan fingerprint density at radius 3 is 2.53 bits per heavy atom. The molecule has 1 rings (SSSR count). The quantitative estimate of drug-likeness (QED) is 0.769. The van der Waals surface area contributed by atoms with E-state index in [2.05, 4.69) is 0 Å². The molecular formula is C10H12F2N2O. The van der Waals surface area contributed by atoms with E-state index in [1.54, 1.807) is 0 Å². The molecule has 0 aromatic heterocycles. The van der Waals surface area contributed by atoms with Crippen LogP contribution < -0.4 is 11.5 Å². The number of benzene rings is 1. The number of amides is 1. The number of nitrogens with two attached hydrogens (primary N) is 2. The lowest BCUT2D eigenvalue weighted by atomic mass is 9.98. The van der Waals surface area contributed by atoms with E-state index in [1.807, 2.05) is 0 Å². The molecule has 1 amide bonds. The first kappa shape index (κ1) is 11.6. The maximum absolute atomic E-state index is 13.2. The van der Waals surface area contributed by atoms with E-state index in [0.717, 1.165) is 12.1 Å². The lowest BCUT2D eigenvalue weighted by Crippen LogP contribution is -2.31. The van der Waals surface area contributed by atoms with Crippen LogP contribution in [0.2, 0.25) is 0 Å². The third-order valence-corrected chi connectivity index (χ3v) is 2.17. The molecular weight excluding hydrogens is 202 g/mol. The second-order valence-electron chi connectivity index (χ2n) is 3.27. The van der Waals surface area contributed by atoms with Gasteiger partial charge in [-0.3, -0.25) is 4.79 Å². The minimum absolute atomic E-state index is 0.0478. The van der Waals surface area contributed by atoms with E-state index in [0.29, 0.717) is 0 Å². The van der Waals surface area contributed by atoms with E-state index in [1.165, 1.54) is 6.07 Å². The molecule has 0 bridgehead atoms. The van der Waals surface area contributed by atoms with Gasteiger partial charge < -0.3 is 11.5 Å². The Hall–Kier alpha value is -1.49. The summed E-state index contributed by atoms with van der Waals surface area (Å²) in [5.41, 5.74) is 10.6. The zero-order valence-electron chi connectivity index (χ0n) is 8.04. The van der Waals surface area contributed by atoms with Crippen molar-refractivity contribution in [3.63, 3.8) is 0 Å². The largest absolute Gasteiger partial charge is 0.369 e. The molecule has 1 atom stereocenters. The summed E-state index contributed by atoms with van der Waals surface area (Å²) in [6.07, 6.45) is 0.0952. The molecule has 0 radical (unpaired) electrons. The van der Waals surface area contributed by atoms with Crippen LogP contribution in [0.3, 0.4) is 0 Å². The third kappa shape index (κ3) is 2.99. The Labute approximate surface area is 86.1 Å². The summed E-state index contributed by atoms with van der Waals surface area (Å²) in [5.74, 6) is -2.54. The summed E-state index contributed by atoms with van der Waals surface area (Å²) in [6, 6.07) is 3.19. The lowest BCUT2D eigenvalue weighted by molar-refractivity contribution is -0.121. The molecule has 1 aromatic carbocycles. The predicted octanol–water partition coefficient (Wildman–Crippen LogP) is 0.567. The number of hydrogen-bond donors (Lipinski definition) is 2. The second kappa shape index (κ2) is 4.84. The maximum Gasteiger partial charge on any atom is 0.222 e. The summed E-state index contributed by atoms with van der Waals surface area (Å²) in [6.45, 7) is 0.0478. The molecule has 0 aliphatic carbocycles. The summed E-state index contributed by atoms with van der Waals surface area (Å²) in [7, 11) is 0. The van der Waals surface area contributed by atoms with Gasteiger partial charge in [-0.2, -0.15) is 0 Å². The van der Waals surface area contributed by atoms with Gasteiger partial charge in [0.15, 0.2) is 0 Å². The van der Waals surface area contributed by atoms with Crippen molar-refractivity contribution in [1.82, 2.24) is 0 Å². The van der Waals surface area contributed by atoms with E-state index < -0.39 is 23.5 Å². The molecule has 0 saturated heterocycles. The van der Waals surface area contributed by atoms with Crippen molar-refractivity contribution in [3.05, 3.63) is 35.4 Å². The highest BCUT2D eigenvalue weighted by atomic mass is 19.1. The zero-order chi connectivity index (χ0) is 11.4. The first-order valence-electron chi connectivity index (χ1n) is 4.48. The summed E-state index contributed by atoms with van der Waals surface area (Å²) in [5, 5.41) is 0. The highest BCUT2D eigenvalue weighted by molar-refractivity contribution is 5.77. The Morgan fingerprint density at radius 1 is 1.40 bits per heavy atom. The molecule has 4 N–H and O–H groups in total. The molecule has 15 heavy (non-hydrogen) atoms. The topological polar surface area (TPSA) is 69.1 Å². The third-order valence-electron chi connectivity index (χ3n) is 2.17. The van der Waals surface area contributed by atoms with Gasteiger partial charge in [0.25, 0.3) is 0 Å². The molecule has 0 fully saturated rings. The summed E-state index contributed by atoms with van der Waals surface area (Å²) < 4.78 is 25.7. The highest BCUT2D eigenvalue weighted by Gasteiger charge is 2.16. The van der Waals surface area contributed by atoms with Gasteiger partial charge in [0, 0.05) is 12.6 Å². The Kier molecular flexibility index (Phi) is 3.74. The number of rotatable bonds is 4. The molecule has 0 heterocycles. The second-order valence-corrected chi connectivity index (χ2v) is 3.27. The fraction of sp³-hybridized carbons (Fsp3) is 0.300. The van der Waals surface area contributed by atoms with Crippen LogP contribution in [0.4, 0.5) is 8.78 Å². The predicted molar refractivity (Wildman–Crippen MR) is 51.8 cm³/mol. The Balaban J connectivity index is 2.84. The first-order chi connectivity index (χ1) is 7.04. The molecule has 0 aliphatic rings. The van der Waals surface area contributed by atoms with Crippen LogP contribution in [0.15, 0.2) is 18.2 Å². The number of halogens is 2. The average Bonchev–Trinajstić information content (AvgIpc) is 2.16. The van der Waals surface area contributed by atoms with Crippen molar-refractivity contribution in [1.29, 1.82) is 0 Å². The fourth-order valence-electron chi connectivity index (χ4n) is 1.25. The standard InChI is InChI=1S/C10H12F2N2O/c11-8-2-1-6(9(12)4-8)3-7(5-13)10(14)15/h1-2,4,7H,3,5,13H2,(H2,14,15). The van der Waals surface area contributed by atoms with Crippen molar-refractivity contribution in [3.8, 4) is 0 Å². The van der Waals surface area contributed by atoms with Crippen LogP contribution in [0.25, 0.3) is 0 Å². The molecule has 3 nitrogen and oxygen atoms in total. The van der Waals surface area contributed by atoms with Gasteiger partial charge in [0.1, 0.15) is 11.6 Å². The van der Waals surface area contributed by atoms with Crippen molar-refractivity contribution in [2.45, 2.75) is 6.42 Å². The number of carbonyl (C=O) groups is 1. The fourth-order valence-corrected chi connectivity index (χ4v) is 1.25. The van der Waals surface area contributed by atoms with Crippen LogP contribution in [-0.4, -0.2) is 12.5 Å². The van der Waals surface area contributed by atoms with Crippen LogP contribution in [0.5, 0.6) is 0 Å². The zero-order valence-corrected chi connectivity index (χ0v) is 8.04. The number of hydrogen-bond acceptors (Lipinski definition) is 2. The van der Waals surface area contributed by atoms with E-state index in [-0.39, 0.29) is 18.5 Å². The maximum atomic E-state index is 13.2. The molecule has 82 valence electrons. The van der Waals surface area contributed by atoms with Crippen LogP contribution in [0, 0.1) is 17.6 Å². The monoisotopic (exact) mass is 214 g/mol. The summed E-state index contributed by atoms with van der Waals surface area (Å²) >= 11 is 0. The van der Waals surface area contributed by atoms with E-state index in [9.17, 15) is 13.6 Å². The van der Waals surface area contributed by atoms with Crippen molar-refractivity contribution in [2.75, 3.05) is 6.54 Å². The summed E-state index contributed by atoms with van der Waals surface area (Å²) in [4.78, 5) is 10.9. The molecule has 0 spiro atoms. The SMILES string of the molecule is NCC(Cc1ccc(F)cc1F)C(N)=O. The first-order valence-corrected chi connectivity index (χ1v) is 4.48. The van der Waals surface area contributed by atoms with Gasteiger partial charge in [-0.1, -0.05) is 6.07 Å². The minimum atomic E-state index is -0.685. The van der Waals surface area contributed by atoms with Gasteiger partial charge in [-0.15, -0.1) is 0 Å². The number of primary amides is 1. The molecule has 1 aromatic rings. The van der Waals surface area contributed by atoms with Crippen molar-refractivity contribution in [2.24, 2.45) is 17.4 Å². The van der Waals surface area contributed by atoms with Gasteiger partial charge in [-0.05, 0) is 18.1 Å². The van der Waals surface area contributed by atoms with Crippen molar-refractivity contribution < 1.29 is 13.6 Å². The van der Waals surface area contributed by atoms with Crippen LogP contribution in [0.1, 0.15) is 5.56 Å². The molecule has 0 aliphatic heterocycles. The smallest absolute Gasteiger partial charge is 0.222 e. The average molecular weight is 214 g/mol. The van der Waals surface area contributed by atoms with Gasteiger partial charge in [0.2, 0.25) is 5.91 Å². The Bertz CT molecular complexity index is 368. The Morgan fingerprint density at radius 2 is 2.07 bits per heavy atom. The minimum Gasteiger partial charge on any atom is -0.369 e. The van der Waals surface area contributed by atoms with Gasteiger partial charge in [0.05, 0.1) is 5.92 Å². The normalized spacial score (nSPS) is 12.5. The van der Waals surface area contributed by atoms with Gasteiger partial charge in [-0.25, -0.2) is 8.78 Å². The molecule has 5 heteroatoms. The lowest BCUT2D eigenvalue weighted by Gasteiger charge is -2.10. The van der Waals surface area contributed by atoms with E-state index >= 15 is 0 Å². The van der Waals surface area contributed by atoms with Crippen LogP contribution in [-0.2, 0) is 11.2 Å². The van der Waals surface area contributed by atoms with Gasteiger partial charge >= 0.3 is 0 Å². The number of carbonyl (C=O) groups excluding carboxylic acids is 1. The van der Waals surface area contributed by atoms with Crippen molar-refractivity contribution >= 4 is 5.91 Å². The highest BCUT2D eigenvalue weighted by Crippen LogP contribution is 2.13. The van der Waals surface area contributed by atoms with Crippen LogP contribution >= 0.6 is 0 Å². The van der Waals surface area contributed by atoms with E-state index in [4.69, 9.17) is 11.5 Å². The molecule has 1 unspecified atom stereocenters. The molecule has 0 saturated carbocycles.